The molecule has 9 heteroatoms. The van der Waals surface area contributed by atoms with Crippen molar-refractivity contribution in [3.63, 3.8) is 0 Å². The van der Waals surface area contributed by atoms with Crippen LogP contribution in [-0.2, 0) is 11.2 Å². The number of carbonyl (C=O) groups is 2. The summed E-state index contributed by atoms with van der Waals surface area (Å²) in [6.45, 7) is 4.67. The van der Waals surface area contributed by atoms with Gasteiger partial charge in [-0.15, -0.1) is 10.2 Å². The van der Waals surface area contributed by atoms with E-state index in [2.05, 4.69) is 20.2 Å². The minimum Gasteiger partial charge on any atom is -0.424 e. The Morgan fingerprint density at radius 2 is 1.79 bits per heavy atom. The molecule has 0 spiro atoms. The molecule has 2 aromatic heterocycles. The molecule has 2 amide bonds. The summed E-state index contributed by atoms with van der Waals surface area (Å²) in [5.41, 5.74) is 1.15. The third-order valence-electron chi connectivity index (χ3n) is 5.38. The lowest BCUT2D eigenvalue weighted by Gasteiger charge is -2.30. The van der Waals surface area contributed by atoms with Crippen LogP contribution in [0.4, 0.5) is 0 Å². The predicted octanol–water partition coefficient (Wildman–Crippen LogP) is 1.35. The van der Waals surface area contributed by atoms with Crippen LogP contribution in [0.5, 0.6) is 0 Å². The van der Waals surface area contributed by atoms with Crippen molar-refractivity contribution in [2.45, 2.75) is 44.9 Å². The number of piperidine rings is 1. The molecule has 0 saturated carbocycles. The zero-order valence-electron chi connectivity index (χ0n) is 16.0. The average Bonchev–Trinajstić information content (AvgIpc) is 3.40. The van der Waals surface area contributed by atoms with Crippen LogP contribution in [-0.4, -0.2) is 68.0 Å². The first-order chi connectivity index (χ1) is 13.6. The number of aromatic nitrogens is 4. The van der Waals surface area contributed by atoms with E-state index in [9.17, 15) is 9.59 Å². The lowest BCUT2D eigenvalue weighted by atomic mass is 9.96. The Hall–Kier alpha value is -2.84. The minimum atomic E-state index is -0.103. The monoisotopic (exact) mass is 384 g/mol. The number of aryl methyl sites for hydroxylation is 1. The number of hydrogen-bond acceptors (Lipinski definition) is 7. The molecule has 28 heavy (non-hydrogen) atoms. The molecule has 0 aliphatic carbocycles. The van der Waals surface area contributed by atoms with Crippen LogP contribution in [0.1, 0.15) is 59.6 Å². The highest BCUT2D eigenvalue weighted by Crippen LogP contribution is 2.27. The van der Waals surface area contributed by atoms with Crippen molar-refractivity contribution in [2.75, 3.05) is 26.2 Å². The Labute approximate surface area is 163 Å². The molecule has 2 aliphatic heterocycles. The van der Waals surface area contributed by atoms with Gasteiger partial charge in [0, 0.05) is 38.3 Å². The number of amides is 2. The maximum absolute atomic E-state index is 12.5. The van der Waals surface area contributed by atoms with E-state index in [1.165, 1.54) is 6.20 Å². The first-order valence-corrected chi connectivity index (χ1v) is 9.78. The molecule has 2 saturated heterocycles. The zero-order valence-corrected chi connectivity index (χ0v) is 16.0. The standard InChI is InChI=1S/C19H24N6O3/c1-13-11-21-15(12-20-13)19(27)25-8-4-14(5-9-25)18-23-22-16(28-18)10-17(26)24-6-2-3-7-24/h11-12,14H,2-10H2,1H3. The Bertz CT molecular complexity index is 836. The molecule has 0 atom stereocenters. The Morgan fingerprint density at radius 3 is 2.46 bits per heavy atom. The molecular weight excluding hydrogens is 360 g/mol. The molecule has 0 radical (unpaired) electrons. The van der Waals surface area contributed by atoms with Crippen LogP contribution in [0.25, 0.3) is 0 Å². The largest absolute Gasteiger partial charge is 0.424 e. The van der Waals surface area contributed by atoms with Gasteiger partial charge in [0.1, 0.15) is 12.1 Å². The maximum atomic E-state index is 12.5. The summed E-state index contributed by atoms with van der Waals surface area (Å²) in [5.74, 6) is 0.990. The molecule has 0 N–H and O–H groups in total. The van der Waals surface area contributed by atoms with Crippen LogP contribution in [0.15, 0.2) is 16.8 Å². The molecule has 9 nitrogen and oxygen atoms in total. The third kappa shape index (κ3) is 4.02. The molecular formula is C19H24N6O3. The van der Waals surface area contributed by atoms with Crippen molar-refractivity contribution >= 4 is 11.8 Å². The Morgan fingerprint density at radius 1 is 1.04 bits per heavy atom. The van der Waals surface area contributed by atoms with E-state index >= 15 is 0 Å². The number of hydrogen-bond donors (Lipinski definition) is 0. The van der Waals surface area contributed by atoms with Crippen molar-refractivity contribution in [1.82, 2.24) is 30.0 Å². The lowest BCUT2D eigenvalue weighted by Crippen LogP contribution is -2.38. The van der Waals surface area contributed by atoms with E-state index in [4.69, 9.17) is 4.42 Å². The van der Waals surface area contributed by atoms with E-state index in [0.717, 1.165) is 44.5 Å². The van der Waals surface area contributed by atoms with E-state index in [1.807, 2.05) is 11.8 Å². The van der Waals surface area contributed by atoms with Gasteiger partial charge in [-0.2, -0.15) is 0 Å². The second-order valence-corrected chi connectivity index (χ2v) is 7.41. The maximum Gasteiger partial charge on any atom is 0.274 e. The van der Waals surface area contributed by atoms with Crippen molar-refractivity contribution in [2.24, 2.45) is 0 Å². The summed E-state index contributed by atoms with van der Waals surface area (Å²) in [4.78, 5) is 36.7. The molecule has 0 aromatic carbocycles. The number of nitrogens with zero attached hydrogens (tertiary/aromatic N) is 6. The topological polar surface area (TPSA) is 105 Å². The number of likely N-dealkylation sites (tertiary alicyclic amines) is 2. The number of carbonyl (C=O) groups excluding carboxylic acids is 2. The van der Waals surface area contributed by atoms with Crippen LogP contribution in [0.3, 0.4) is 0 Å². The molecule has 0 unspecified atom stereocenters. The highest BCUT2D eigenvalue weighted by molar-refractivity contribution is 5.92. The fraction of sp³-hybridized carbons (Fsp3) is 0.579. The van der Waals surface area contributed by atoms with E-state index in [-0.39, 0.29) is 24.2 Å². The molecule has 4 heterocycles. The van der Waals surface area contributed by atoms with Crippen LogP contribution in [0, 0.1) is 6.92 Å². The Kier molecular flexibility index (Phi) is 5.31. The molecule has 148 valence electrons. The quantitative estimate of drug-likeness (QED) is 0.783. The molecule has 2 aromatic rings. The van der Waals surface area contributed by atoms with Gasteiger partial charge < -0.3 is 14.2 Å². The first-order valence-electron chi connectivity index (χ1n) is 9.78. The molecule has 2 fully saturated rings. The molecule has 2 aliphatic rings. The van der Waals surface area contributed by atoms with Gasteiger partial charge >= 0.3 is 0 Å². The summed E-state index contributed by atoms with van der Waals surface area (Å²) < 4.78 is 5.75. The minimum absolute atomic E-state index is 0.0484. The second kappa shape index (κ2) is 8.04. The van der Waals surface area contributed by atoms with E-state index in [0.29, 0.717) is 30.6 Å². The summed E-state index contributed by atoms with van der Waals surface area (Å²) in [7, 11) is 0. The van der Waals surface area contributed by atoms with E-state index in [1.54, 1.807) is 11.1 Å². The summed E-state index contributed by atoms with van der Waals surface area (Å²) in [6, 6.07) is 0. The van der Waals surface area contributed by atoms with Gasteiger partial charge in [0.05, 0.1) is 11.9 Å². The van der Waals surface area contributed by atoms with Gasteiger partial charge in [-0.05, 0) is 32.6 Å². The van der Waals surface area contributed by atoms with Gasteiger partial charge in [-0.25, -0.2) is 4.98 Å². The summed E-state index contributed by atoms with van der Waals surface area (Å²) in [5, 5.41) is 8.19. The van der Waals surface area contributed by atoms with Crippen molar-refractivity contribution in [1.29, 1.82) is 0 Å². The smallest absolute Gasteiger partial charge is 0.274 e. The third-order valence-corrected chi connectivity index (χ3v) is 5.38. The van der Waals surface area contributed by atoms with Crippen molar-refractivity contribution in [3.8, 4) is 0 Å². The fourth-order valence-electron chi connectivity index (χ4n) is 3.71. The molecule has 4 rings (SSSR count). The first kappa shape index (κ1) is 18.5. The summed E-state index contributed by atoms with van der Waals surface area (Å²) in [6.07, 6.45) is 6.89. The zero-order chi connectivity index (χ0) is 19.5. The number of rotatable bonds is 4. The Balaban J connectivity index is 1.31. The van der Waals surface area contributed by atoms with Crippen molar-refractivity contribution < 1.29 is 14.0 Å². The van der Waals surface area contributed by atoms with Crippen LogP contribution in [0.2, 0.25) is 0 Å². The van der Waals surface area contributed by atoms with Gasteiger partial charge in [0.15, 0.2) is 0 Å². The lowest BCUT2D eigenvalue weighted by molar-refractivity contribution is -0.129. The van der Waals surface area contributed by atoms with Gasteiger partial charge in [-0.3, -0.25) is 14.6 Å². The predicted molar refractivity (Wildman–Crippen MR) is 98.5 cm³/mol. The highest BCUT2D eigenvalue weighted by Gasteiger charge is 2.29. The summed E-state index contributed by atoms with van der Waals surface area (Å²) >= 11 is 0. The van der Waals surface area contributed by atoms with Gasteiger partial charge in [-0.1, -0.05) is 0 Å². The van der Waals surface area contributed by atoms with Crippen LogP contribution < -0.4 is 0 Å². The van der Waals surface area contributed by atoms with Crippen LogP contribution >= 0.6 is 0 Å². The van der Waals surface area contributed by atoms with E-state index < -0.39 is 0 Å². The average molecular weight is 384 g/mol. The van der Waals surface area contributed by atoms with Crippen molar-refractivity contribution in [3.05, 3.63) is 35.6 Å². The van der Waals surface area contributed by atoms with Gasteiger partial charge in [0.2, 0.25) is 17.7 Å². The molecule has 0 bridgehead atoms. The van der Waals surface area contributed by atoms with Gasteiger partial charge in [0.25, 0.3) is 5.91 Å². The highest BCUT2D eigenvalue weighted by atomic mass is 16.4. The normalized spacial score (nSPS) is 17.9. The SMILES string of the molecule is Cc1cnc(C(=O)N2CCC(c3nnc(CC(=O)N4CCCC4)o3)CC2)cn1. The second-order valence-electron chi connectivity index (χ2n) is 7.41. The fourth-order valence-corrected chi connectivity index (χ4v) is 3.71.